The van der Waals surface area contributed by atoms with E-state index in [9.17, 15) is 0 Å². The summed E-state index contributed by atoms with van der Waals surface area (Å²) in [4.78, 5) is 0. The quantitative estimate of drug-likeness (QED) is 0.740. The van der Waals surface area contributed by atoms with Crippen molar-refractivity contribution in [3.63, 3.8) is 0 Å². The van der Waals surface area contributed by atoms with Crippen LogP contribution in [0.3, 0.4) is 0 Å². The lowest BCUT2D eigenvalue weighted by atomic mass is 10.0. The van der Waals surface area contributed by atoms with Gasteiger partial charge in [0.05, 0.1) is 0 Å². The lowest BCUT2D eigenvalue weighted by Crippen LogP contribution is -2.16. The van der Waals surface area contributed by atoms with E-state index in [0.717, 1.165) is 17.1 Å². The van der Waals surface area contributed by atoms with Gasteiger partial charge in [0.1, 0.15) is 13.2 Å². The van der Waals surface area contributed by atoms with Gasteiger partial charge in [-0.2, -0.15) is 0 Å². The third-order valence-corrected chi connectivity index (χ3v) is 2.33. The number of ether oxygens (including phenoxy) is 2. The largest absolute Gasteiger partial charge is 0.486 e. The highest BCUT2D eigenvalue weighted by atomic mass is 16.6. The van der Waals surface area contributed by atoms with Gasteiger partial charge in [0, 0.05) is 12.5 Å². The maximum absolute atomic E-state index is 5.90. The van der Waals surface area contributed by atoms with Crippen LogP contribution in [-0.2, 0) is 0 Å². The van der Waals surface area contributed by atoms with Gasteiger partial charge in [0.2, 0.25) is 0 Å². The van der Waals surface area contributed by atoms with Gasteiger partial charge in [-0.1, -0.05) is 6.07 Å². The van der Waals surface area contributed by atoms with E-state index >= 15 is 0 Å². The highest BCUT2D eigenvalue weighted by Crippen LogP contribution is 2.32. The van der Waals surface area contributed by atoms with Gasteiger partial charge in [0.15, 0.2) is 11.5 Å². The molecule has 0 amide bonds. The maximum atomic E-state index is 5.90. The maximum Gasteiger partial charge on any atom is 0.161 e. The molecule has 0 saturated carbocycles. The molecule has 2 N–H and O–H groups in total. The Morgan fingerprint density at radius 1 is 1.33 bits per heavy atom. The SMILES string of the molecule is C#CCC(N)c1ccc2c(c1)OCCO2. The van der Waals surface area contributed by atoms with Gasteiger partial charge in [-0.15, -0.1) is 12.3 Å². The predicted octanol–water partition coefficient (Wildman–Crippen LogP) is 1.48. The first-order valence-corrected chi connectivity index (χ1v) is 4.90. The van der Waals surface area contributed by atoms with E-state index in [4.69, 9.17) is 21.6 Å². The van der Waals surface area contributed by atoms with Crippen molar-refractivity contribution in [1.82, 2.24) is 0 Å². The molecule has 3 nitrogen and oxygen atoms in total. The van der Waals surface area contributed by atoms with Crippen molar-refractivity contribution in [2.45, 2.75) is 12.5 Å². The normalized spacial score (nSPS) is 15.5. The Kier molecular flexibility index (Phi) is 2.79. The Bertz CT molecular complexity index is 395. The van der Waals surface area contributed by atoms with Gasteiger partial charge in [-0.25, -0.2) is 0 Å². The predicted molar refractivity (Wildman–Crippen MR) is 57.8 cm³/mol. The zero-order valence-electron chi connectivity index (χ0n) is 8.40. The average molecular weight is 203 g/mol. The second-order valence-corrected chi connectivity index (χ2v) is 3.42. The van der Waals surface area contributed by atoms with E-state index in [1.807, 2.05) is 18.2 Å². The minimum absolute atomic E-state index is 0.133. The Balaban J connectivity index is 2.24. The van der Waals surface area contributed by atoms with Crippen molar-refractivity contribution in [3.05, 3.63) is 23.8 Å². The highest BCUT2D eigenvalue weighted by molar-refractivity contribution is 5.44. The number of hydrogen-bond donors (Lipinski definition) is 1. The number of rotatable bonds is 2. The molecule has 1 aromatic rings. The van der Waals surface area contributed by atoms with Crippen molar-refractivity contribution in [1.29, 1.82) is 0 Å². The minimum atomic E-state index is -0.133. The van der Waals surface area contributed by atoms with E-state index in [0.29, 0.717) is 19.6 Å². The van der Waals surface area contributed by atoms with E-state index < -0.39 is 0 Å². The number of hydrogen-bond acceptors (Lipinski definition) is 3. The van der Waals surface area contributed by atoms with Gasteiger partial charge in [-0.3, -0.25) is 0 Å². The molecule has 3 heteroatoms. The zero-order valence-corrected chi connectivity index (χ0v) is 8.40. The number of fused-ring (bicyclic) bond motifs is 1. The molecule has 1 aromatic carbocycles. The van der Waals surface area contributed by atoms with Gasteiger partial charge < -0.3 is 15.2 Å². The summed E-state index contributed by atoms with van der Waals surface area (Å²) in [6, 6.07) is 5.57. The van der Waals surface area contributed by atoms with Crippen LogP contribution in [0.4, 0.5) is 0 Å². The van der Waals surface area contributed by atoms with Crippen LogP contribution < -0.4 is 15.2 Å². The van der Waals surface area contributed by atoms with E-state index in [2.05, 4.69) is 5.92 Å². The molecule has 1 aliphatic rings. The molecular weight excluding hydrogens is 190 g/mol. The molecule has 0 spiro atoms. The first-order chi connectivity index (χ1) is 7.31. The summed E-state index contributed by atoms with van der Waals surface area (Å²) in [6.45, 7) is 1.18. The summed E-state index contributed by atoms with van der Waals surface area (Å²) in [7, 11) is 0. The van der Waals surface area contributed by atoms with Crippen LogP contribution >= 0.6 is 0 Å². The van der Waals surface area contributed by atoms with Gasteiger partial charge in [0.25, 0.3) is 0 Å². The fourth-order valence-electron chi connectivity index (χ4n) is 1.54. The third-order valence-electron chi connectivity index (χ3n) is 2.33. The van der Waals surface area contributed by atoms with Crippen LogP contribution in [0.2, 0.25) is 0 Å². The van der Waals surface area contributed by atoms with Crippen molar-refractivity contribution in [3.8, 4) is 23.8 Å². The molecule has 1 heterocycles. The molecule has 0 aliphatic carbocycles. The highest BCUT2D eigenvalue weighted by Gasteiger charge is 2.13. The minimum Gasteiger partial charge on any atom is -0.486 e. The van der Waals surface area contributed by atoms with Crippen molar-refractivity contribution in [2.24, 2.45) is 5.73 Å². The Labute approximate surface area is 89.2 Å². The topological polar surface area (TPSA) is 44.5 Å². The Morgan fingerprint density at radius 3 is 2.80 bits per heavy atom. The monoisotopic (exact) mass is 203 g/mol. The van der Waals surface area contributed by atoms with Gasteiger partial charge in [-0.05, 0) is 17.7 Å². The Morgan fingerprint density at radius 2 is 2.07 bits per heavy atom. The summed E-state index contributed by atoms with van der Waals surface area (Å²) < 4.78 is 10.9. The molecule has 1 atom stereocenters. The number of terminal acetylenes is 1. The van der Waals surface area contributed by atoms with Crippen molar-refractivity contribution < 1.29 is 9.47 Å². The van der Waals surface area contributed by atoms with E-state index in [-0.39, 0.29) is 6.04 Å². The van der Waals surface area contributed by atoms with Crippen LogP contribution in [0, 0.1) is 12.3 Å². The first kappa shape index (κ1) is 9.88. The van der Waals surface area contributed by atoms with Crippen molar-refractivity contribution >= 4 is 0 Å². The fourth-order valence-corrected chi connectivity index (χ4v) is 1.54. The van der Waals surface area contributed by atoms with Crippen LogP contribution in [0.15, 0.2) is 18.2 Å². The molecule has 2 rings (SSSR count). The van der Waals surface area contributed by atoms with Crippen LogP contribution in [0.5, 0.6) is 11.5 Å². The lowest BCUT2D eigenvalue weighted by Gasteiger charge is -2.20. The fraction of sp³-hybridized carbons (Fsp3) is 0.333. The van der Waals surface area contributed by atoms with Gasteiger partial charge >= 0.3 is 0 Å². The second-order valence-electron chi connectivity index (χ2n) is 3.42. The molecular formula is C12H13NO2. The molecule has 1 unspecified atom stereocenters. The lowest BCUT2D eigenvalue weighted by molar-refractivity contribution is 0.171. The zero-order chi connectivity index (χ0) is 10.7. The van der Waals surface area contributed by atoms with E-state index in [1.54, 1.807) is 0 Å². The van der Waals surface area contributed by atoms with Crippen LogP contribution in [0.1, 0.15) is 18.0 Å². The third kappa shape index (κ3) is 2.05. The van der Waals surface area contributed by atoms with Crippen LogP contribution in [-0.4, -0.2) is 13.2 Å². The Hall–Kier alpha value is -1.66. The molecule has 78 valence electrons. The molecule has 1 aliphatic heterocycles. The van der Waals surface area contributed by atoms with Crippen LogP contribution in [0.25, 0.3) is 0 Å². The number of nitrogens with two attached hydrogens (primary N) is 1. The summed E-state index contributed by atoms with van der Waals surface area (Å²) >= 11 is 0. The summed E-state index contributed by atoms with van der Waals surface area (Å²) in [6.07, 6.45) is 5.75. The average Bonchev–Trinajstić information content (AvgIpc) is 2.29. The molecule has 0 bridgehead atoms. The summed E-state index contributed by atoms with van der Waals surface area (Å²) in [5, 5.41) is 0. The first-order valence-electron chi connectivity index (χ1n) is 4.90. The summed E-state index contributed by atoms with van der Waals surface area (Å²) in [5.41, 5.74) is 6.88. The molecule has 15 heavy (non-hydrogen) atoms. The van der Waals surface area contributed by atoms with Crippen molar-refractivity contribution in [2.75, 3.05) is 13.2 Å². The standard InChI is InChI=1S/C12H13NO2/c1-2-3-10(13)9-4-5-11-12(8-9)15-7-6-14-11/h1,4-5,8,10H,3,6-7,13H2. The number of benzene rings is 1. The molecule has 0 fully saturated rings. The smallest absolute Gasteiger partial charge is 0.161 e. The molecule has 0 radical (unpaired) electrons. The van der Waals surface area contributed by atoms with E-state index in [1.165, 1.54) is 0 Å². The molecule has 0 saturated heterocycles. The summed E-state index contributed by atoms with van der Waals surface area (Å²) in [5.74, 6) is 4.08. The molecule has 0 aromatic heterocycles. The second kappa shape index (κ2) is 4.24.